The Labute approximate surface area is 95.2 Å². The second-order valence-corrected chi connectivity index (χ2v) is 3.46. The van der Waals surface area contributed by atoms with Crippen LogP contribution in [-0.4, -0.2) is 11.7 Å². The Hall–Kier alpha value is -1.90. The number of hydrogen-bond donors (Lipinski definition) is 1. The molecule has 0 spiro atoms. The molecule has 0 heterocycles. The zero-order valence-corrected chi connectivity index (χ0v) is 9.49. The van der Waals surface area contributed by atoms with Crippen molar-refractivity contribution in [3.8, 4) is 0 Å². The second-order valence-electron chi connectivity index (χ2n) is 3.46. The summed E-state index contributed by atoms with van der Waals surface area (Å²) in [6.07, 6.45) is 3.80. The standard InChI is InChI=1S/C13H15NO2/c1-3-13(16)8-7-11-5-4-6-12(9-11)14-10(2)15/h4-9H,3H2,1-2H3,(H,14,15). The molecule has 0 atom stereocenters. The summed E-state index contributed by atoms with van der Waals surface area (Å²) in [6.45, 7) is 3.28. The number of allylic oxidation sites excluding steroid dienone is 1. The van der Waals surface area contributed by atoms with Crippen LogP contribution < -0.4 is 5.32 Å². The fraction of sp³-hybridized carbons (Fsp3) is 0.231. The van der Waals surface area contributed by atoms with Gasteiger partial charge in [-0.3, -0.25) is 9.59 Å². The molecule has 84 valence electrons. The summed E-state index contributed by atoms with van der Waals surface area (Å²) in [5.74, 6) is -0.0179. The molecule has 1 N–H and O–H groups in total. The molecule has 0 unspecified atom stereocenters. The first-order valence-electron chi connectivity index (χ1n) is 5.20. The Morgan fingerprint density at radius 1 is 1.38 bits per heavy atom. The van der Waals surface area contributed by atoms with Crippen molar-refractivity contribution in [1.29, 1.82) is 0 Å². The minimum Gasteiger partial charge on any atom is -0.326 e. The van der Waals surface area contributed by atoms with E-state index in [4.69, 9.17) is 0 Å². The van der Waals surface area contributed by atoms with Gasteiger partial charge >= 0.3 is 0 Å². The molecule has 1 amide bonds. The van der Waals surface area contributed by atoms with Crippen LogP contribution in [0.15, 0.2) is 30.3 Å². The van der Waals surface area contributed by atoms with E-state index in [9.17, 15) is 9.59 Å². The minimum atomic E-state index is -0.106. The number of rotatable bonds is 4. The predicted molar refractivity (Wildman–Crippen MR) is 65.1 cm³/mol. The van der Waals surface area contributed by atoms with E-state index in [0.29, 0.717) is 6.42 Å². The number of anilines is 1. The molecule has 3 nitrogen and oxygen atoms in total. The Kier molecular flexibility index (Phi) is 4.45. The topological polar surface area (TPSA) is 46.2 Å². The van der Waals surface area contributed by atoms with Crippen molar-refractivity contribution < 1.29 is 9.59 Å². The minimum absolute atomic E-state index is 0.0879. The van der Waals surface area contributed by atoms with Gasteiger partial charge in [0.05, 0.1) is 0 Å². The summed E-state index contributed by atoms with van der Waals surface area (Å²) in [6, 6.07) is 7.34. The van der Waals surface area contributed by atoms with Gasteiger partial charge in [-0.25, -0.2) is 0 Å². The SMILES string of the molecule is CCC(=O)C=Cc1cccc(NC(C)=O)c1. The van der Waals surface area contributed by atoms with Gasteiger partial charge in [0.25, 0.3) is 0 Å². The van der Waals surface area contributed by atoms with E-state index in [1.54, 1.807) is 18.2 Å². The molecule has 0 fully saturated rings. The van der Waals surface area contributed by atoms with Crippen LogP contribution in [0.5, 0.6) is 0 Å². The van der Waals surface area contributed by atoms with Gasteiger partial charge in [-0.1, -0.05) is 25.1 Å². The monoisotopic (exact) mass is 217 g/mol. The average molecular weight is 217 g/mol. The summed E-state index contributed by atoms with van der Waals surface area (Å²) < 4.78 is 0. The maximum absolute atomic E-state index is 11.1. The highest BCUT2D eigenvalue weighted by Gasteiger charge is 1.96. The third-order valence-corrected chi connectivity index (χ3v) is 2.02. The lowest BCUT2D eigenvalue weighted by molar-refractivity contribution is -0.115. The number of hydrogen-bond acceptors (Lipinski definition) is 2. The van der Waals surface area contributed by atoms with Gasteiger partial charge in [0.15, 0.2) is 5.78 Å². The first-order chi connectivity index (χ1) is 7.61. The molecule has 0 saturated heterocycles. The number of carbonyl (C=O) groups excluding carboxylic acids is 2. The van der Waals surface area contributed by atoms with Gasteiger partial charge in [-0.15, -0.1) is 0 Å². The van der Waals surface area contributed by atoms with Crippen LogP contribution in [0, 0.1) is 0 Å². The molecule has 0 bridgehead atoms. The Balaban J connectivity index is 2.78. The van der Waals surface area contributed by atoms with Crippen LogP contribution in [0.25, 0.3) is 6.08 Å². The molecule has 1 aromatic rings. The van der Waals surface area contributed by atoms with E-state index < -0.39 is 0 Å². The van der Waals surface area contributed by atoms with Crippen molar-refractivity contribution in [2.24, 2.45) is 0 Å². The molecule has 0 saturated carbocycles. The van der Waals surface area contributed by atoms with E-state index in [1.165, 1.54) is 6.92 Å². The van der Waals surface area contributed by atoms with Crippen LogP contribution in [0.2, 0.25) is 0 Å². The molecule has 1 aromatic carbocycles. The molecule has 0 aromatic heterocycles. The van der Waals surface area contributed by atoms with Crippen molar-refractivity contribution in [1.82, 2.24) is 0 Å². The lowest BCUT2D eigenvalue weighted by Crippen LogP contribution is -2.05. The van der Waals surface area contributed by atoms with Gasteiger partial charge in [0, 0.05) is 19.0 Å². The van der Waals surface area contributed by atoms with Crippen LogP contribution in [0.4, 0.5) is 5.69 Å². The fourth-order valence-corrected chi connectivity index (χ4v) is 1.23. The first kappa shape index (κ1) is 12.2. The Morgan fingerprint density at radius 2 is 2.12 bits per heavy atom. The van der Waals surface area contributed by atoms with Crippen LogP contribution in [0.3, 0.4) is 0 Å². The first-order valence-corrected chi connectivity index (χ1v) is 5.20. The van der Waals surface area contributed by atoms with Crippen LogP contribution >= 0.6 is 0 Å². The number of ketones is 1. The number of carbonyl (C=O) groups is 2. The van der Waals surface area contributed by atoms with E-state index in [2.05, 4.69) is 5.32 Å². The smallest absolute Gasteiger partial charge is 0.221 e. The number of benzene rings is 1. The van der Waals surface area contributed by atoms with Crippen molar-refractivity contribution in [3.05, 3.63) is 35.9 Å². The molecular weight excluding hydrogens is 202 g/mol. The zero-order valence-electron chi connectivity index (χ0n) is 9.49. The van der Waals surface area contributed by atoms with Gasteiger partial charge in [0.1, 0.15) is 0 Å². The zero-order chi connectivity index (χ0) is 12.0. The maximum atomic E-state index is 11.1. The van der Waals surface area contributed by atoms with Crippen molar-refractivity contribution in [3.63, 3.8) is 0 Å². The molecule has 1 rings (SSSR count). The van der Waals surface area contributed by atoms with Crippen LogP contribution in [0.1, 0.15) is 25.8 Å². The summed E-state index contributed by atoms with van der Waals surface area (Å²) in [5.41, 5.74) is 1.63. The molecule has 16 heavy (non-hydrogen) atoms. The normalized spacial score (nSPS) is 10.4. The number of nitrogens with one attached hydrogen (secondary N) is 1. The number of amides is 1. The molecule has 0 radical (unpaired) electrons. The van der Waals surface area contributed by atoms with E-state index >= 15 is 0 Å². The predicted octanol–water partition coefficient (Wildman–Crippen LogP) is 2.64. The van der Waals surface area contributed by atoms with Gasteiger partial charge in [0.2, 0.25) is 5.91 Å². The van der Waals surface area contributed by atoms with Gasteiger partial charge in [-0.05, 0) is 23.8 Å². The highest BCUT2D eigenvalue weighted by Crippen LogP contribution is 2.11. The molecule has 0 aliphatic carbocycles. The van der Waals surface area contributed by atoms with Crippen molar-refractivity contribution >= 4 is 23.5 Å². The van der Waals surface area contributed by atoms with E-state index in [-0.39, 0.29) is 11.7 Å². The summed E-state index contributed by atoms with van der Waals surface area (Å²) >= 11 is 0. The third kappa shape index (κ3) is 4.09. The summed E-state index contributed by atoms with van der Waals surface area (Å²) in [7, 11) is 0. The molecule has 3 heteroatoms. The second kappa shape index (κ2) is 5.85. The summed E-state index contributed by atoms with van der Waals surface area (Å²) in [4.78, 5) is 21.9. The average Bonchev–Trinajstić information content (AvgIpc) is 2.25. The lowest BCUT2D eigenvalue weighted by atomic mass is 10.1. The van der Waals surface area contributed by atoms with Gasteiger partial charge in [-0.2, -0.15) is 0 Å². The lowest BCUT2D eigenvalue weighted by Gasteiger charge is -2.02. The molecule has 0 aliphatic heterocycles. The molecular formula is C13H15NO2. The fourth-order valence-electron chi connectivity index (χ4n) is 1.23. The Bertz CT molecular complexity index is 422. The Morgan fingerprint density at radius 3 is 2.75 bits per heavy atom. The highest BCUT2D eigenvalue weighted by atomic mass is 16.1. The summed E-state index contributed by atoms with van der Waals surface area (Å²) in [5, 5.41) is 2.69. The molecule has 0 aliphatic rings. The largest absolute Gasteiger partial charge is 0.326 e. The van der Waals surface area contributed by atoms with Crippen molar-refractivity contribution in [2.45, 2.75) is 20.3 Å². The van der Waals surface area contributed by atoms with E-state index in [0.717, 1.165) is 11.3 Å². The third-order valence-electron chi connectivity index (χ3n) is 2.02. The van der Waals surface area contributed by atoms with Gasteiger partial charge < -0.3 is 5.32 Å². The quantitative estimate of drug-likeness (QED) is 0.788. The maximum Gasteiger partial charge on any atom is 0.221 e. The van der Waals surface area contributed by atoms with Crippen LogP contribution in [-0.2, 0) is 9.59 Å². The van der Waals surface area contributed by atoms with Crippen molar-refractivity contribution in [2.75, 3.05) is 5.32 Å². The van der Waals surface area contributed by atoms with E-state index in [1.807, 2.05) is 25.1 Å². The highest BCUT2D eigenvalue weighted by molar-refractivity contribution is 5.93.